The molecule has 2 aliphatic carbocycles. The van der Waals surface area contributed by atoms with E-state index >= 15 is 0 Å². The van der Waals surface area contributed by atoms with Crippen LogP contribution in [0.2, 0.25) is 0 Å². The molecular weight excluding hydrogens is 673 g/mol. The fourth-order valence-electron chi connectivity index (χ4n) is 5.87. The van der Waals surface area contributed by atoms with Gasteiger partial charge in [0.25, 0.3) is 0 Å². The van der Waals surface area contributed by atoms with Crippen molar-refractivity contribution in [2.24, 2.45) is 71.8 Å². The fraction of sp³-hybridized carbons (Fsp3) is 0.500. The van der Waals surface area contributed by atoms with Crippen LogP contribution in [0.3, 0.4) is 0 Å². The van der Waals surface area contributed by atoms with Gasteiger partial charge in [0.2, 0.25) is 0 Å². The number of ether oxygens (including phenoxy) is 1. The highest BCUT2D eigenvalue weighted by atomic mass is 35.5. The summed E-state index contributed by atoms with van der Waals surface area (Å²) in [5.74, 6) is 3.21. The summed E-state index contributed by atoms with van der Waals surface area (Å²) in [4.78, 5) is 0. The van der Waals surface area contributed by atoms with Crippen molar-refractivity contribution in [1.82, 2.24) is 9.13 Å². The largest absolute Gasteiger partial charge is 1.00 e. The smallest absolute Gasteiger partial charge is 0.421 e. The molecule has 0 amide bonds. The number of benzene rings is 2. The van der Waals surface area contributed by atoms with Gasteiger partial charge >= 0.3 is 11.9 Å². The molecule has 0 atom stereocenters. The molecule has 0 unspecified atom stereocenters. The number of halogens is 2. The number of aryl methyl sites for hydroxylation is 4. The second-order valence-corrected chi connectivity index (χ2v) is 13.1. The molecular formula is C36H55Cl2N11O. The van der Waals surface area contributed by atoms with E-state index in [1.54, 1.807) is 7.11 Å². The van der Waals surface area contributed by atoms with Gasteiger partial charge in [-0.3, -0.25) is 0 Å². The lowest BCUT2D eigenvalue weighted by atomic mass is 9.83. The lowest BCUT2D eigenvalue weighted by Crippen LogP contribution is -3.00. The Morgan fingerprint density at radius 1 is 0.620 bits per heavy atom. The van der Waals surface area contributed by atoms with Gasteiger partial charge in [-0.25, -0.2) is 18.3 Å². The van der Waals surface area contributed by atoms with Gasteiger partial charge in [-0.1, -0.05) is 22.4 Å². The van der Waals surface area contributed by atoms with E-state index in [0.29, 0.717) is 18.1 Å². The summed E-state index contributed by atoms with van der Waals surface area (Å²) in [5, 5.41) is 17.0. The summed E-state index contributed by atoms with van der Waals surface area (Å²) in [5.41, 5.74) is 20.3. The quantitative estimate of drug-likeness (QED) is 0.179. The zero-order chi connectivity index (χ0) is 34.5. The van der Waals surface area contributed by atoms with Gasteiger partial charge in [-0.15, -0.1) is 0 Å². The van der Waals surface area contributed by atoms with Gasteiger partial charge < -0.3 is 46.8 Å². The third kappa shape index (κ3) is 13.6. The summed E-state index contributed by atoms with van der Waals surface area (Å²) in [6, 6.07) is 17.2. The molecule has 2 aromatic heterocycles. The van der Waals surface area contributed by atoms with Crippen molar-refractivity contribution in [1.29, 1.82) is 0 Å². The molecule has 0 radical (unpaired) electrons. The Bertz CT molecular complexity index is 1540. The number of hydrogen-bond acceptors (Lipinski definition) is 8. The normalized spacial score (nSPS) is 20.2. The van der Waals surface area contributed by atoms with E-state index in [-0.39, 0.29) is 24.8 Å². The molecule has 2 aromatic carbocycles. The lowest BCUT2D eigenvalue weighted by molar-refractivity contribution is -0.657. The van der Waals surface area contributed by atoms with Crippen molar-refractivity contribution in [2.75, 3.05) is 7.11 Å². The molecule has 0 aliphatic heterocycles. The first kappa shape index (κ1) is 42.5. The number of azo groups is 2. The standard InChI is InChI=1S/C18H26N5.C12H15N4O.C6H14N2.2ClH/c1-22-11-12-23(2)18(22)21-20-17-9-5-15(6-10-17)13-14-3-7-16(19)8-4-14;1-15-8-9-16(2)12(15)14-13-10-4-6-11(17-3)7-5-10;7-5-1-2-6(8)4-3-5;;/h5-6,9-12,14,16H,3-4,7-8,13,19H2,1-2H3;4-9H,1-3H3;5-6H,1-4,7-8H2;2*1H/q2*+1;;;/p-2. The number of imidazole rings is 2. The molecule has 6 N–H and O–H groups in total. The third-order valence-electron chi connectivity index (χ3n) is 9.04. The highest BCUT2D eigenvalue weighted by Gasteiger charge is 2.19. The molecule has 2 fully saturated rings. The molecule has 0 spiro atoms. The van der Waals surface area contributed by atoms with Crippen molar-refractivity contribution in [3.05, 3.63) is 78.9 Å². The first-order valence-electron chi connectivity index (χ1n) is 17.0. The number of rotatable bonds is 7. The molecule has 0 bridgehead atoms. The predicted molar refractivity (Wildman–Crippen MR) is 189 cm³/mol. The number of aromatic nitrogens is 4. The van der Waals surface area contributed by atoms with E-state index in [1.807, 2.05) is 95.5 Å². The maximum absolute atomic E-state index is 5.98. The first-order valence-corrected chi connectivity index (χ1v) is 17.0. The van der Waals surface area contributed by atoms with Crippen molar-refractivity contribution < 1.29 is 38.7 Å². The minimum atomic E-state index is 0. The topological polar surface area (TPSA) is 154 Å². The van der Waals surface area contributed by atoms with Gasteiger partial charge in [-0.2, -0.15) is 0 Å². The Balaban J connectivity index is 0.000000283. The van der Waals surface area contributed by atoms with Crippen LogP contribution in [0.1, 0.15) is 56.9 Å². The Kier molecular flexibility index (Phi) is 18.3. The highest BCUT2D eigenvalue weighted by Crippen LogP contribution is 2.27. The summed E-state index contributed by atoms with van der Waals surface area (Å²) in [6.45, 7) is 0. The van der Waals surface area contributed by atoms with Gasteiger partial charge in [0.1, 0.15) is 17.1 Å². The van der Waals surface area contributed by atoms with Gasteiger partial charge in [0.15, 0.2) is 0 Å². The second-order valence-electron chi connectivity index (χ2n) is 13.1. The van der Waals surface area contributed by atoms with Gasteiger partial charge in [-0.05, 0) is 106 Å². The number of methoxy groups -OCH3 is 1. The minimum Gasteiger partial charge on any atom is -1.00 e. The number of hydrogen-bond donors (Lipinski definition) is 3. The average Bonchev–Trinajstić information content (AvgIpc) is 3.60. The van der Waals surface area contributed by atoms with Crippen LogP contribution in [0.25, 0.3) is 0 Å². The Labute approximate surface area is 309 Å². The molecule has 12 nitrogen and oxygen atoms in total. The molecule has 14 heteroatoms. The molecule has 50 heavy (non-hydrogen) atoms. The van der Waals surface area contributed by atoms with E-state index in [9.17, 15) is 0 Å². The van der Waals surface area contributed by atoms with Crippen LogP contribution in [0.5, 0.6) is 5.75 Å². The van der Waals surface area contributed by atoms with Crippen molar-refractivity contribution in [3.63, 3.8) is 0 Å². The predicted octanol–water partition coefficient (Wildman–Crippen LogP) is -0.178. The van der Waals surface area contributed by atoms with E-state index in [0.717, 1.165) is 67.0 Å². The summed E-state index contributed by atoms with van der Waals surface area (Å²) >= 11 is 0. The van der Waals surface area contributed by atoms with Crippen molar-refractivity contribution >= 4 is 23.3 Å². The number of nitrogens with zero attached hydrogens (tertiary/aromatic N) is 8. The van der Waals surface area contributed by atoms with Gasteiger partial charge in [0, 0.05) is 28.4 Å². The van der Waals surface area contributed by atoms with Crippen molar-refractivity contribution in [3.8, 4) is 5.75 Å². The molecule has 2 heterocycles. The average molecular weight is 729 g/mol. The van der Waals surface area contributed by atoms with E-state index in [1.165, 1.54) is 31.2 Å². The molecule has 2 saturated carbocycles. The van der Waals surface area contributed by atoms with E-state index < -0.39 is 0 Å². The van der Waals surface area contributed by atoms with Crippen LogP contribution in [0.15, 0.2) is 93.8 Å². The van der Waals surface area contributed by atoms with Crippen LogP contribution in [-0.4, -0.2) is 34.4 Å². The van der Waals surface area contributed by atoms with Crippen molar-refractivity contribution in [2.45, 2.75) is 75.9 Å². The molecule has 0 saturated heterocycles. The fourth-order valence-corrected chi connectivity index (χ4v) is 5.87. The maximum atomic E-state index is 5.98. The Morgan fingerprint density at radius 2 is 1.00 bits per heavy atom. The second kappa shape index (κ2) is 21.5. The van der Waals surface area contributed by atoms with Crippen LogP contribution < -0.4 is 55.9 Å². The van der Waals surface area contributed by atoms with E-state index in [2.05, 4.69) is 44.7 Å². The summed E-state index contributed by atoms with van der Waals surface area (Å²) in [6.07, 6.45) is 18.3. The summed E-state index contributed by atoms with van der Waals surface area (Å²) in [7, 11) is 9.44. The third-order valence-corrected chi connectivity index (χ3v) is 9.04. The summed E-state index contributed by atoms with van der Waals surface area (Å²) < 4.78 is 12.8. The Morgan fingerprint density at radius 3 is 1.36 bits per heavy atom. The molecule has 274 valence electrons. The molecule has 6 rings (SSSR count). The maximum Gasteiger partial charge on any atom is 0.421 e. The zero-order valence-corrected chi connectivity index (χ0v) is 31.6. The van der Waals surface area contributed by atoms with Crippen LogP contribution in [-0.2, 0) is 34.6 Å². The zero-order valence-electron chi connectivity index (χ0n) is 30.1. The van der Waals surface area contributed by atoms with Crippen LogP contribution in [0, 0.1) is 5.92 Å². The lowest BCUT2D eigenvalue weighted by Gasteiger charge is -2.26. The first-order chi connectivity index (χ1) is 23.1. The molecule has 4 aromatic rings. The van der Waals surface area contributed by atoms with Crippen LogP contribution >= 0.6 is 0 Å². The van der Waals surface area contributed by atoms with E-state index in [4.69, 9.17) is 21.9 Å². The van der Waals surface area contributed by atoms with Crippen LogP contribution in [0.4, 0.5) is 23.3 Å². The Hall–Kier alpha value is -3.68. The molecule has 2 aliphatic rings. The van der Waals surface area contributed by atoms with Gasteiger partial charge in [0.05, 0.1) is 60.1 Å². The highest BCUT2D eigenvalue weighted by molar-refractivity contribution is 5.41. The minimum absolute atomic E-state index is 0. The monoisotopic (exact) mass is 727 g/mol. The number of nitrogens with two attached hydrogens (primary N) is 3. The SMILES string of the molecule is COc1ccc(N=Nc2n(C)cc[n+]2C)cc1.Cn1cc[n+](C)c1N=Nc1ccc(CC2CCC(N)CC2)cc1.NC1CCC(N)CC1.[Cl-].[Cl-].